The van der Waals surface area contributed by atoms with E-state index in [9.17, 15) is 14.9 Å². The lowest BCUT2D eigenvalue weighted by Gasteiger charge is -2.10. The van der Waals surface area contributed by atoms with Crippen molar-refractivity contribution in [1.29, 1.82) is 5.26 Å². The van der Waals surface area contributed by atoms with Crippen LogP contribution in [0.1, 0.15) is 24.0 Å². The number of aromatic nitrogens is 3. The molecule has 9 heteroatoms. The number of urea groups is 1. The Labute approximate surface area is 165 Å². The number of imide groups is 1. The van der Waals surface area contributed by atoms with Crippen LogP contribution < -0.4 is 16.0 Å². The van der Waals surface area contributed by atoms with Gasteiger partial charge in [-0.25, -0.2) is 9.78 Å². The second-order valence-corrected chi connectivity index (χ2v) is 6.94. The number of fused-ring (bicyclic) bond motifs is 1. The molecule has 29 heavy (non-hydrogen) atoms. The van der Waals surface area contributed by atoms with Crippen molar-refractivity contribution in [3.8, 4) is 17.3 Å². The first-order chi connectivity index (χ1) is 14.1. The maximum absolute atomic E-state index is 11.9. The Kier molecular flexibility index (Phi) is 3.77. The molecule has 1 saturated carbocycles. The van der Waals surface area contributed by atoms with Crippen molar-refractivity contribution < 1.29 is 9.59 Å². The molecule has 1 aromatic carbocycles. The molecule has 0 radical (unpaired) electrons. The van der Waals surface area contributed by atoms with Crippen LogP contribution in [0.2, 0.25) is 0 Å². The summed E-state index contributed by atoms with van der Waals surface area (Å²) >= 11 is 0. The molecule has 0 unspecified atom stereocenters. The van der Waals surface area contributed by atoms with Gasteiger partial charge in [-0.2, -0.15) is 14.9 Å². The molecular formula is C20H15N7O2. The fraction of sp³-hybridized carbons (Fsp3) is 0.150. The maximum atomic E-state index is 11.9. The van der Waals surface area contributed by atoms with E-state index in [-0.39, 0.29) is 5.70 Å². The van der Waals surface area contributed by atoms with Gasteiger partial charge in [0.25, 0.3) is 5.91 Å². The highest BCUT2D eigenvalue weighted by molar-refractivity contribution is 6.14. The van der Waals surface area contributed by atoms with Crippen LogP contribution in [0.5, 0.6) is 0 Å². The molecule has 1 aliphatic heterocycles. The second-order valence-electron chi connectivity index (χ2n) is 6.94. The summed E-state index contributed by atoms with van der Waals surface area (Å²) in [5.41, 5.74) is 3.29. The molecule has 5 rings (SSSR count). The van der Waals surface area contributed by atoms with Gasteiger partial charge in [0.1, 0.15) is 11.5 Å². The summed E-state index contributed by atoms with van der Waals surface area (Å²) in [7, 11) is 0. The smallest absolute Gasteiger partial charge is 0.326 e. The number of anilines is 1. The Hall–Kier alpha value is -4.19. The van der Waals surface area contributed by atoms with Crippen molar-refractivity contribution >= 4 is 29.5 Å². The molecular weight excluding hydrogens is 370 g/mol. The third kappa shape index (κ3) is 3.17. The molecule has 0 spiro atoms. The summed E-state index contributed by atoms with van der Waals surface area (Å²) in [5.74, 6) is 0.281. The van der Waals surface area contributed by atoms with Crippen LogP contribution in [0.15, 0.2) is 42.2 Å². The monoisotopic (exact) mass is 385 g/mol. The van der Waals surface area contributed by atoms with E-state index >= 15 is 0 Å². The Morgan fingerprint density at radius 3 is 2.83 bits per heavy atom. The van der Waals surface area contributed by atoms with Crippen molar-refractivity contribution in [3.63, 3.8) is 0 Å². The van der Waals surface area contributed by atoms with Crippen molar-refractivity contribution in [1.82, 2.24) is 25.2 Å². The van der Waals surface area contributed by atoms with Gasteiger partial charge in [-0.05, 0) is 31.1 Å². The Morgan fingerprint density at radius 2 is 2.10 bits per heavy atom. The van der Waals surface area contributed by atoms with Gasteiger partial charge in [-0.1, -0.05) is 12.1 Å². The first-order valence-electron chi connectivity index (χ1n) is 9.10. The van der Waals surface area contributed by atoms with Crippen molar-refractivity contribution in [2.24, 2.45) is 0 Å². The van der Waals surface area contributed by atoms with Crippen LogP contribution >= 0.6 is 0 Å². The molecule has 1 saturated heterocycles. The molecule has 1 aliphatic carbocycles. The zero-order chi connectivity index (χ0) is 20.0. The van der Waals surface area contributed by atoms with Crippen molar-refractivity contribution in [2.45, 2.75) is 18.9 Å². The predicted octanol–water partition coefficient (Wildman–Crippen LogP) is 2.02. The SMILES string of the molecule is N#Cc1cccc(-c2cc(NC3CC3)n3ncc(C=C4NC(=O)NC4=O)c3n2)c1. The summed E-state index contributed by atoms with van der Waals surface area (Å²) in [6, 6.07) is 11.1. The van der Waals surface area contributed by atoms with E-state index in [0.717, 1.165) is 24.2 Å². The minimum atomic E-state index is -0.559. The number of rotatable bonds is 4. The highest BCUT2D eigenvalue weighted by Crippen LogP contribution is 2.29. The fourth-order valence-corrected chi connectivity index (χ4v) is 3.16. The lowest BCUT2D eigenvalue weighted by Crippen LogP contribution is -2.22. The van der Waals surface area contributed by atoms with Gasteiger partial charge < -0.3 is 10.6 Å². The number of carbonyl (C=O) groups is 2. The van der Waals surface area contributed by atoms with Crippen LogP contribution in [0.3, 0.4) is 0 Å². The van der Waals surface area contributed by atoms with E-state index in [4.69, 9.17) is 4.98 Å². The summed E-state index contributed by atoms with van der Waals surface area (Å²) < 4.78 is 1.68. The third-order valence-electron chi connectivity index (χ3n) is 4.74. The summed E-state index contributed by atoms with van der Waals surface area (Å²) in [5, 5.41) is 21.7. The zero-order valence-electron chi connectivity index (χ0n) is 15.1. The molecule has 0 bridgehead atoms. The van der Waals surface area contributed by atoms with Crippen LogP contribution in [-0.2, 0) is 4.79 Å². The molecule has 142 valence electrons. The molecule has 2 aliphatic rings. The molecule has 9 nitrogen and oxygen atoms in total. The van der Waals surface area contributed by atoms with Crippen LogP contribution in [-0.4, -0.2) is 32.6 Å². The molecule has 2 fully saturated rings. The molecule has 3 N–H and O–H groups in total. The lowest BCUT2D eigenvalue weighted by atomic mass is 10.1. The molecule has 3 aromatic rings. The topological polar surface area (TPSA) is 124 Å². The Balaban J connectivity index is 1.66. The van der Waals surface area contributed by atoms with Gasteiger partial charge in [0.05, 0.1) is 23.5 Å². The summed E-state index contributed by atoms with van der Waals surface area (Å²) in [6.07, 6.45) is 5.33. The van der Waals surface area contributed by atoms with Gasteiger partial charge in [0.15, 0.2) is 5.65 Å². The Morgan fingerprint density at radius 1 is 1.24 bits per heavy atom. The number of hydrogen-bond acceptors (Lipinski definition) is 6. The van der Waals surface area contributed by atoms with Gasteiger partial charge >= 0.3 is 6.03 Å². The van der Waals surface area contributed by atoms with Gasteiger partial charge in [0, 0.05) is 23.2 Å². The number of hydrogen-bond donors (Lipinski definition) is 3. The largest absolute Gasteiger partial charge is 0.367 e. The number of carbonyl (C=O) groups excluding carboxylic acids is 2. The number of nitrogens with zero attached hydrogens (tertiary/aromatic N) is 4. The van der Waals surface area contributed by atoms with E-state index in [1.54, 1.807) is 28.9 Å². The third-order valence-corrected chi connectivity index (χ3v) is 4.74. The van der Waals surface area contributed by atoms with Crippen LogP contribution in [0, 0.1) is 11.3 Å². The van der Waals surface area contributed by atoms with Gasteiger partial charge in [-0.3, -0.25) is 10.1 Å². The first-order valence-corrected chi connectivity index (χ1v) is 9.10. The highest BCUT2D eigenvalue weighted by Gasteiger charge is 2.25. The fourth-order valence-electron chi connectivity index (χ4n) is 3.16. The predicted molar refractivity (Wildman–Crippen MR) is 104 cm³/mol. The lowest BCUT2D eigenvalue weighted by molar-refractivity contribution is -0.115. The van der Waals surface area contributed by atoms with E-state index in [0.29, 0.717) is 28.5 Å². The average Bonchev–Trinajstić information content (AvgIpc) is 3.36. The van der Waals surface area contributed by atoms with E-state index in [1.807, 2.05) is 18.2 Å². The Bertz CT molecular complexity index is 1250. The number of nitriles is 1. The summed E-state index contributed by atoms with van der Waals surface area (Å²) in [4.78, 5) is 28.0. The highest BCUT2D eigenvalue weighted by atomic mass is 16.2. The van der Waals surface area contributed by atoms with Crippen LogP contribution in [0.25, 0.3) is 23.0 Å². The number of amides is 3. The first kappa shape index (κ1) is 16.9. The molecule has 2 aromatic heterocycles. The normalized spacial score (nSPS) is 17.3. The van der Waals surface area contributed by atoms with Gasteiger partial charge in [-0.15, -0.1) is 0 Å². The van der Waals surface area contributed by atoms with E-state index in [1.165, 1.54) is 0 Å². The minimum absolute atomic E-state index is 0.139. The van der Waals surface area contributed by atoms with E-state index < -0.39 is 11.9 Å². The van der Waals surface area contributed by atoms with Crippen LogP contribution in [0.4, 0.5) is 10.6 Å². The second kappa shape index (κ2) is 6.45. The van der Waals surface area contributed by atoms with Gasteiger partial charge in [0.2, 0.25) is 0 Å². The molecule has 3 amide bonds. The summed E-state index contributed by atoms with van der Waals surface area (Å²) in [6.45, 7) is 0. The number of benzene rings is 1. The maximum Gasteiger partial charge on any atom is 0.326 e. The average molecular weight is 385 g/mol. The quantitative estimate of drug-likeness (QED) is 0.466. The molecule has 3 heterocycles. The molecule has 0 atom stereocenters. The minimum Gasteiger partial charge on any atom is -0.367 e. The zero-order valence-corrected chi connectivity index (χ0v) is 15.1. The van der Waals surface area contributed by atoms with Crippen molar-refractivity contribution in [2.75, 3.05) is 5.32 Å². The van der Waals surface area contributed by atoms with E-state index in [2.05, 4.69) is 27.1 Å². The van der Waals surface area contributed by atoms with Crippen molar-refractivity contribution in [3.05, 3.63) is 53.4 Å². The number of nitrogens with one attached hydrogen (secondary N) is 3. The standard InChI is InChI=1S/C20H15N7O2/c21-9-11-2-1-3-12(6-11)15-8-17(23-14-4-5-14)27-18(24-15)13(10-22-27)7-16-19(28)26-20(29)25-16/h1-3,6-8,10,14,23H,4-5H2,(H2,25,26,28,29).